The molecule has 2 bridgehead atoms. The van der Waals surface area contributed by atoms with Crippen molar-refractivity contribution in [1.82, 2.24) is 4.57 Å². The molecule has 3 aromatic rings. The van der Waals surface area contributed by atoms with Crippen LogP contribution in [-0.4, -0.2) is 22.8 Å². The van der Waals surface area contributed by atoms with Crippen molar-refractivity contribution >= 4 is 11.3 Å². The summed E-state index contributed by atoms with van der Waals surface area (Å²) in [7, 11) is 0. The molecule has 2 aliphatic rings. The van der Waals surface area contributed by atoms with Crippen molar-refractivity contribution in [3.05, 3.63) is 69.3 Å². The number of nitrogens with one attached hydrogen (secondary N) is 1. The third-order valence-corrected chi connectivity index (χ3v) is 6.78. The molecule has 6 heteroatoms. The van der Waals surface area contributed by atoms with E-state index in [0.717, 1.165) is 42.4 Å². The van der Waals surface area contributed by atoms with Crippen molar-refractivity contribution in [3.8, 4) is 10.4 Å². The third kappa shape index (κ3) is 3.08. The van der Waals surface area contributed by atoms with Crippen molar-refractivity contribution in [3.63, 3.8) is 0 Å². The molecule has 3 atom stereocenters. The lowest BCUT2D eigenvalue weighted by Crippen LogP contribution is -3.13. The van der Waals surface area contributed by atoms with Gasteiger partial charge in [0, 0.05) is 29.0 Å². The van der Waals surface area contributed by atoms with Gasteiger partial charge >= 0.3 is 0 Å². The van der Waals surface area contributed by atoms with E-state index in [2.05, 4.69) is 6.07 Å². The van der Waals surface area contributed by atoms with Gasteiger partial charge in [0.05, 0.1) is 18.7 Å². The summed E-state index contributed by atoms with van der Waals surface area (Å²) in [6.45, 7) is 3.67. The summed E-state index contributed by atoms with van der Waals surface area (Å²) in [6, 6.07) is 12.0. The van der Waals surface area contributed by atoms with Gasteiger partial charge in [-0.3, -0.25) is 4.79 Å². The van der Waals surface area contributed by atoms with Gasteiger partial charge in [-0.25, -0.2) is 0 Å². The van der Waals surface area contributed by atoms with Crippen molar-refractivity contribution in [2.24, 2.45) is 5.92 Å². The molecule has 2 N–H and O–H groups in total. The summed E-state index contributed by atoms with van der Waals surface area (Å²) < 4.78 is 7.71. The number of rotatable bonds is 4. The molecule has 2 aliphatic heterocycles. The number of pyridine rings is 1. The third-order valence-electron chi connectivity index (χ3n) is 5.88. The number of aromatic nitrogens is 1. The number of piperidine rings is 1. The SMILES string of the molecule is O=c1c(-c2cccs2)ccc2n1C[C@H]1C[C@@H]2C[NH+](Cc2ccc(CO)o2)C1. The van der Waals surface area contributed by atoms with E-state index in [4.69, 9.17) is 4.42 Å². The first kappa shape index (κ1) is 17.0. The molecule has 0 saturated carbocycles. The Bertz CT molecular complexity index is 1000. The standard InChI is InChI=1S/C21H22N2O3S/c24-13-17-4-3-16(26-17)12-22-9-14-8-15(11-22)19-6-5-18(20-2-1-7-27-20)21(25)23(19)10-14/h1-7,14-15,24H,8-13H2/p+1/t14-,15+/m0/s1. The average Bonchev–Trinajstić information content (AvgIpc) is 3.34. The highest BCUT2D eigenvalue weighted by Gasteiger charge is 2.37. The molecule has 1 saturated heterocycles. The Kier molecular flexibility index (Phi) is 4.27. The van der Waals surface area contributed by atoms with E-state index >= 15 is 0 Å². The maximum absolute atomic E-state index is 13.1. The quantitative estimate of drug-likeness (QED) is 0.723. The zero-order valence-corrected chi connectivity index (χ0v) is 15.9. The zero-order chi connectivity index (χ0) is 18.4. The molecular weight excluding hydrogens is 360 g/mol. The predicted octanol–water partition coefficient (Wildman–Crippen LogP) is 1.86. The van der Waals surface area contributed by atoms with Gasteiger partial charge in [-0.05, 0) is 42.1 Å². The lowest BCUT2D eigenvalue weighted by molar-refractivity contribution is -0.925. The highest BCUT2D eigenvalue weighted by molar-refractivity contribution is 7.13. The van der Waals surface area contributed by atoms with Gasteiger partial charge in [-0.15, -0.1) is 11.3 Å². The van der Waals surface area contributed by atoms with Crippen molar-refractivity contribution in [2.75, 3.05) is 13.1 Å². The highest BCUT2D eigenvalue weighted by Crippen LogP contribution is 2.32. The van der Waals surface area contributed by atoms with Crippen molar-refractivity contribution in [2.45, 2.75) is 32.0 Å². The molecule has 27 heavy (non-hydrogen) atoms. The fraction of sp³-hybridized carbons (Fsp3) is 0.381. The van der Waals surface area contributed by atoms with Crippen LogP contribution >= 0.6 is 11.3 Å². The number of quaternary nitrogens is 1. The second-order valence-electron chi connectivity index (χ2n) is 7.72. The van der Waals surface area contributed by atoms with E-state index in [0.29, 0.717) is 17.6 Å². The summed E-state index contributed by atoms with van der Waals surface area (Å²) >= 11 is 1.62. The van der Waals surface area contributed by atoms with E-state index in [1.807, 2.05) is 40.3 Å². The van der Waals surface area contributed by atoms with Gasteiger partial charge in [-0.2, -0.15) is 0 Å². The maximum Gasteiger partial charge on any atom is 0.259 e. The predicted molar refractivity (Wildman–Crippen MR) is 104 cm³/mol. The minimum Gasteiger partial charge on any atom is -0.458 e. The van der Waals surface area contributed by atoms with E-state index in [-0.39, 0.29) is 12.2 Å². The molecule has 0 radical (unpaired) electrons. The zero-order valence-electron chi connectivity index (χ0n) is 15.1. The second kappa shape index (κ2) is 6.78. The number of thiophene rings is 1. The first-order valence-corrected chi connectivity index (χ1v) is 10.4. The topological polar surface area (TPSA) is 59.8 Å². The number of hydrogen-bond acceptors (Lipinski definition) is 4. The van der Waals surface area contributed by atoms with Gasteiger partial charge in [0.25, 0.3) is 5.56 Å². The van der Waals surface area contributed by atoms with Crippen LogP contribution in [-0.2, 0) is 19.7 Å². The smallest absolute Gasteiger partial charge is 0.259 e. The number of hydrogen-bond donors (Lipinski definition) is 2. The lowest BCUT2D eigenvalue weighted by Gasteiger charge is -2.40. The Morgan fingerprint density at radius 3 is 2.85 bits per heavy atom. The van der Waals surface area contributed by atoms with Crippen molar-refractivity contribution in [1.29, 1.82) is 0 Å². The minimum atomic E-state index is -0.0521. The molecular formula is C21H23N2O3S+. The molecule has 0 spiro atoms. The van der Waals surface area contributed by atoms with Crippen LogP contribution in [0.3, 0.4) is 0 Å². The van der Waals surface area contributed by atoms with Crippen LogP contribution in [0.25, 0.3) is 10.4 Å². The molecule has 5 rings (SSSR count). The molecule has 5 heterocycles. The number of furan rings is 1. The van der Waals surface area contributed by atoms with E-state index in [9.17, 15) is 9.90 Å². The summed E-state index contributed by atoms with van der Waals surface area (Å²) in [5.41, 5.74) is 2.17. The number of aliphatic hydroxyl groups excluding tert-OH is 1. The largest absolute Gasteiger partial charge is 0.458 e. The van der Waals surface area contributed by atoms with Gasteiger partial charge in [0.2, 0.25) is 0 Å². The molecule has 1 fully saturated rings. The summed E-state index contributed by atoms with van der Waals surface area (Å²) in [5.74, 6) is 2.50. The molecule has 1 unspecified atom stereocenters. The van der Waals surface area contributed by atoms with Crippen LogP contribution in [0.1, 0.15) is 29.6 Å². The Morgan fingerprint density at radius 2 is 2.07 bits per heavy atom. The Balaban J connectivity index is 1.41. The molecule has 0 amide bonds. The summed E-state index contributed by atoms with van der Waals surface area (Å²) in [5, 5.41) is 11.2. The average molecular weight is 383 g/mol. The second-order valence-corrected chi connectivity index (χ2v) is 8.67. The molecule has 3 aromatic heterocycles. The van der Waals surface area contributed by atoms with Gasteiger partial charge in [0.1, 0.15) is 18.9 Å². The first-order chi connectivity index (χ1) is 13.2. The Hall–Kier alpha value is -2.15. The van der Waals surface area contributed by atoms with E-state index in [1.54, 1.807) is 11.3 Å². The molecule has 0 aromatic carbocycles. The van der Waals surface area contributed by atoms with Gasteiger partial charge < -0.3 is 19.0 Å². The fourth-order valence-electron chi connectivity index (χ4n) is 4.78. The van der Waals surface area contributed by atoms with Crippen LogP contribution in [0.2, 0.25) is 0 Å². The highest BCUT2D eigenvalue weighted by atomic mass is 32.1. The first-order valence-electron chi connectivity index (χ1n) is 9.51. The number of likely N-dealkylation sites (tertiary alicyclic amines) is 1. The fourth-order valence-corrected chi connectivity index (χ4v) is 5.52. The van der Waals surface area contributed by atoms with Crippen LogP contribution < -0.4 is 10.5 Å². The van der Waals surface area contributed by atoms with E-state index < -0.39 is 0 Å². The number of nitrogens with zero attached hydrogens (tertiary/aromatic N) is 1. The van der Waals surface area contributed by atoms with Crippen molar-refractivity contribution < 1.29 is 14.4 Å². The van der Waals surface area contributed by atoms with Crippen LogP contribution in [0.5, 0.6) is 0 Å². The molecule has 140 valence electrons. The Morgan fingerprint density at radius 1 is 1.19 bits per heavy atom. The minimum absolute atomic E-state index is 0.0521. The summed E-state index contributed by atoms with van der Waals surface area (Å²) in [4.78, 5) is 15.6. The van der Waals surface area contributed by atoms with E-state index in [1.165, 1.54) is 17.0 Å². The summed E-state index contributed by atoms with van der Waals surface area (Å²) in [6.07, 6.45) is 1.17. The monoisotopic (exact) mass is 383 g/mol. The number of aliphatic hydroxyl groups is 1. The molecule has 0 aliphatic carbocycles. The van der Waals surface area contributed by atoms with Gasteiger partial charge in [0.15, 0.2) is 5.76 Å². The van der Waals surface area contributed by atoms with Gasteiger partial charge in [-0.1, -0.05) is 6.07 Å². The van der Waals surface area contributed by atoms with Crippen LogP contribution in [0.4, 0.5) is 0 Å². The van der Waals surface area contributed by atoms with Crippen LogP contribution in [0, 0.1) is 5.92 Å². The molecule has 5 nitrogen and oxygen atoms in total. The lowest BCUT2D eigenvalue weighted by atomic mass is 9.83. The maximum atomic E-state index is 13.1. The Labute approximate surface area is 161 Å². The number of fused-ring (bicyclic) bond motifs is 4. The normalized spacial score (nSPS) is 24.0. The van der Waals surface area contributed by atoms with Crippen LogP contribution in [0.15, 0.2) is 51.0 Å².